The zero-order valence-electron chi connectivity index (χ0n) is 16.4. The van der Waals surface area contributed by atoms with Crippen LogP contribution in [-0.2, 0) is 4.79 Å². The quantitative estimate of drug-likeness (QED) is 0.471. The zero-order chi connectivity index (χ0) is 20.6. The molecule has 3 rings (SSSR count). The molecule has 0 fully saturated rings. The first-order chi connectivity index (χ1) is 13.2. The molecule has 0 unspecified atom stereocenters. The Balaban J connectivity index is 1.92. The Morgan fingerprint density at radius 1 is 1.21 bits per heavy atom. The van der Waals surface area contributed by atoms with Gasteiger partial charge in [0.15, 0.2) is 5.16 Å². The van der Waals surface area contributed by atoms with Gasteiger partial charge in [-0.05, 0) is 64.4 Å². The molecule has 28 heavy (non-hydrogen) atoms. The molecule has 1 aromatic carbocycles. The van der Waals surface area contributed by atoms with Gasteiger partial charge < -0.3 is 5.32 Å². The first-order valence-electron chi connectivity index (χ1n) is 8.94. The number of nitrogens with one attached hydrogen (secondary N) is 1. The number of fused-ring (bicyclic) bond motifs is 1. The Morgan fingerprint density at radius 2 is 1.86 bits per heavy atom. The molecule has 1 atom stereocenters. The lowest BCUT2D eigenvalue weighted by Crippen LogP contribution is -2.28. The van der Waals surface area contributed by atoms with Gasteiger partial charge in [0, 0.05) is 16.6 Å². The summed E-state index contributed by atoms with van der Waals surface area (Å²) in [5.74, 6) is -0.597. The van der Waals surface area contributed by atoms with Crippen molar-refractivity contribution in [3.8, 4) is 0 Å². The lowest BCUT2D eigenvalue weighted by atomic mass is 10.2. The number of amides is 1. The molecule has 5 nitrogen and oxygen atoms in total. The molecule has 2 aromatic heterocycles. The number of thioether (sulfide) groups is 1. The van der Waals surface area contributed by atoms with Gasteiger partial charge in [-0.3, -0.25) is 14.2 Å². The predicted octanol–water partition coefficient (Wildman–Crippen LogP) is 4.91. The van der Waals surface area contributed by atoms with Gasteiger partial charge in [-0.2, -0.15) is 0 Å². The molecule has 0 spiro atoms. The summed E-state index contributed by atoms with van der Waals surface area (Å²) in [6.45, 7) is 9.53. The van der Waals surface area contributed by atoms with Crippen LogP contribution in [0.4, 0.5) is 10.1 Å². The SMILES string of the molecule is Cc1sc2nc(S[C@H](C)C(=O)Nc3ccc(F)cc3)n(C(C)C)c(=O)c2c1C. The van der Waals surface area contributed by atoms with Gasteiger partial charge in [0.2, 0.25) is 5.91 Å². The Bertz CT molecular complexity index is 1090. The third-order valence-electron chi connectivity index (χ3n) is 4.48. The second-order valence-corrected chi connectivity index (χ2v) is 9.39. The third kappa shape index (κ3) is 3.98. The third-order valence-corrected chi connectivity index (χ3v) is 6.65. The Labute approximate surface area is 171 Å². The highest BCUT2D eigenvalue weighted by Crippen LogP contribution is 2.31. The maximum Gasteiger partial charge on any atom is 0.263 e. The van der Waals surface area contributed by atoms with Gasteiger partial charge in [-0.15, -0.1) is 11.3 Å². The molecular formula is C20H22FN3O2S2. The van der Waals surface area contributed by atoms with Crippen LogP contribution in [0.15, 0.2) is 34.2 Å². The number of thiophene rings is 1. The topological polar surface area (TPSA) is 64.0 Å². The number of benzene rings is 1. The van der Waals surface area contributed by atoms with Crippen molar-refractivity contribution in [3.05, 3.63) is 50.9 Å². The fourth-order valence-corrected chi connectivity index (χ4v) is 4.93. The van der Waals surface area contributed by atoms with Gasteiger partial charge >= 0.3 is 0 Å². The van der Waals surface area contributed by atoms with Crippen LogP contribution in [0.25, 0.3) is 10.2 Å². The molecule has 148 valence electrons. The molecule has 0 radical (unpaired) electrons. The fraction of sp³-hybridized carbons (Fsp3) is 0.350. The van der Waals surface area contributed by atoms with E-state index in [9.17, 15) is 14.0 Å². The highest BCUT2D eigenvalue weighted by molar-refractivity contribution is 8.00. The van der Waals surface area contributed by atoms with E-state index in [2.05, 4.69) is 5.32 Å². The van der Waals surface area contributed by atoms with Crippen LogP contribution < -0.4 is 10.9 Å². The van der Waals surface area contributed by atoms with Gasteiger partial charge in [-0.25, -0.2) is 9.37 Å². The van der Waals surface area contributed by atoms with Gasteiger partial charge in [0.1, 0.15) is 10.6 Å². The lowest BCUT2D eigenvalue weighted by Gasteiger charge is -2.18. The van der Waals surface area contributed by atoms with Gasteiger partial charge in [0.25, 0.3) is 5.56 Å². The molecule has 2 heterocycles. The first kappa shape index (κ1) is 20.5. The highest BCUT2D eigenvalue weighted by atomic mass is 32.2. The Hall–Kier alpha value is -2.19. The van der Waals surface area contributed by atoms with E-state index in [1.807, 2.05) is 27.7 Å². The van der Waals surface area contributed by atoms with E-state index in [1.54, 1.807) is 11.5 Å². The van der Waals surface area contributed by atoms with E-state index in [1.165, 1.54) is 47.4 Å². The van der Waals surface area contributed by atoms with Crippen molar-refractivity contribution in [2.75, 3.05) is 5.32 Å². The molecular weight excluding hydrogens is 397 g/mol. The second kappa shape index (κ2) is 8.05. The summed E-state index contributed by atoms with van der Waals surface area (Å²) >= 11 is 2.74. The van der Waals surface area contributed by atoms with Crippen LogP contribution >= 0.6 is 23.1 Å². The number of aryl methyl sites for hydroxylation is 2. The minimum absolute atomic E-state index is 0.0736. The van der Waals surface area contributed by atoms with Crippen molar-refractivity contribution in [3.63, 3.8) is 0 Å². The number of hydrogen-bond acceptors (Lipinski definition) is 5. The minimum Gasteiger partial charge on any atom is -0.325 e. The van der Waals surface area contributed by atoms with Crippen molar-refractivity contribution >= 4 is 44.9 Å². The summed E-state index contributed by atoms with van der Waals surface area (Å²) in [6, 6.07) is 5.52. The van der Waals surface area contributed by atoms with Crippen molar-refractivity contribution in [1.29, 1.82) is 0 Å². The number of aromatic nitrogens is 2. The summed E-state index contributed by atoms with van der Waals surface area (Å²) in [6.07, 6.45) is 0. The normalized spacial score (nSPS) is 12.5. The molecule has 8 heteroatoms. The summed E-state index contributed by atoms with van der Waals surface area (Å²) in [5, 5.41) is 3.46. The number of hydrogen-bond donors (Lipinski definition) is 1. The van der Waals surface area contributed by atoms with E-state index >= 15 is 0 Å². The smallest absolute Gasteiger partial charge is 0.263 e. The van der Waals surface area contributed by atoms with Crippen LogP contribution in [0.1, 0.15) is 37.3 Å². The standard InChI is InChI=1S/C20H22FN3O2S2/c1-10(2)24-19(26)16-11(3)12(4)27-18(16)23-20(24)28-13(5)17(25)22-15-8-6-14(21)7-9-15/h6-10,13H,1-5H3,(H,22,25)/t13-/m1/s1. The monoisotopic (exact) mass is 419 g/mol. The van der Waals surface area contributed by atoms with Crippen LogP contribution in [0.5, 0.6) is 0 Å². The van der Waals surface area contributed by atoms with Gasteiger partial charge in [-0.1, -0.05) is 11.8 Å². The van der Waals surface area contributed by atoms with Crippen LogP contribution in [0.2, 0.25) is 0 Å². The molecule has 0 aliphatic heterocycles. The maximum absolute atomic E-state index is 13.1. The minimum atomic E-state index is -0.485. The number of halogens is 1. The number of anilines is 1. The first-order valence-corrected chi connectivity index (χ1v) is 10.6. The second-order valence-electron chi connectivity index (χ2n) is 6.88. The van der Waals surface area contributed by atoms with Gasteiger partial charge in [0.05, 0.1) is 10.6 Å². The number of nitrogens with zero attached hydrogens (tertiary/aromatic N) is 2. The molecule has 3 aromatic rings. The summed E-state index contributed by atoms with van der Waals surface area (Å²) in [4.78, 5) is 32.1. The Kier molecular flexibility index (Phi) is 5.90. The predicted molar refractivity (Wildman–Crippen MR) is 114 cm³/mol. The van der Waals surface area contributed by atoms with E-state index < -0.39 is 5.25 Å². The van der Waals surface area contributed by atoms with E-state index in [0.29, 0.717) is 21.1 Å². The van der Waals surface area contributed by atoms with Crippen LogP contribution in [0.3, 0.4) is 0 Å². The van der Waals surface area contributed by atoms with E-state index in [0.717, 1.165) is 10.4 Å². The average Bonchev–Trinajstić information content (AvgIpc) is 2.90. The molecule has 0 saturated heterocycles. The van der Waals surface area contributed by atoms with Crippen molar-refractivity contribution in [2.45, 2.75) is 51.1 Å². The molecule has 0 bridgehead atoms. The molecule has 0 aliphatic rings. The number of rotatable bonds is 5. The highest BCUT2D eigenvalue weighted by Gasteiger charge is 2.22. The summed E-state index contributed by atoms with van der Waals surface area (Å²) in [5.41, 5.74) is 1.41. The molecule has 0 saturated carbocycles. The lowest BCUT2D eigenvalue weighted by molar-refractivity contribution is -0.115. The summed E-state index contributed by atoms with van der Waals surface area (Å²) in [7, 11) is 0. The van der Waals surface area contributed by atoms with E-state index in [4.69, 9.17) is 4.98 Å². The average molecular weight is 420 g/mol. The largest absolute Gasteiger partial charge is 0.325 e. The van der Waals surface area contributed by atoms with Crippen molar-refractivity contribution in [1.82, 2.24) is 9.55 Å². The molecule has 0 aliphatic carbocycles. The maximum atomic E-state index is 13.1. The van der Waals surface area contributed by atoms with Crippen LogP contribution in [-0.4, -0.2) is 20.7 Å². The van der Waals surface area contributed by atoms with Crippen molar-refractivity contribution in [2.24, 2.45) is 0 Å². The van der Waals surface area contributed by atoms with Crippen LogP contribution in [0, 0.1) is 19.7 Å². The molecule has 1 N–H and O–H groups in total. The zero-order valence-corrected chi connectivity index (χ0v) is 18.0. The fourth-order valence-electron chi connectivity index (χ4n) is 2.81. The number of carbonyl (C=O) groups is 1. The van der Waals surface area contributed by atoms with E-state index in [-0.39, 0.29) is 23.3 Å². The number of carbonyl (C=O) groups excluding carboxylic acids is 1. The summed E-state index contributed by atoms with van der Waals surface area (Å²) < 4.78 is 14.7. The van der Waals surface area contributed by atoms with Crippen molar-refractivity contribution < 1.29 is 9.18 Å². The molecule has 1 amide bonds. The Morgan fingerprint density at radius 3 is 2.46 bits per heavy atom.